The van der Waals surface area contributed by atoms with Gasteiger partial charge < -0.3 is 16.0 Å². The lowest BCUT2D eigenvalue weighted by molar-refractivity contribution is -0.120. The van der Waals surface area contributed by atoms with Gasteiger partial charge in [-0.25, -0.2) is 4.39 Å². The van der Waals surface area contributed by atoms with Crippen LogP contribution in [0.4, 0.5) is 4.39 Å². The Bertz CT molecular complexity index is 528. The van der Waals surface area contributed by atoms with Crippen LogP contribution in [0.2, 0.25) is 0 Å². The number of rotatable bonds is 8. The number of benzene rings is 1. The number of hydrogen-bond acceptors (Lipinski definition) is 2. The average Bonchev–Trinajstić information content (AvgIpc) is 2.53. The molecule has 1 aromatic rings. The van der Waals surface area contributed by atoms with E-state index in [4.69, 9.17) is 0 Å². The van der Waals surface area contributed by atoms with Gasteiger partial charge >= 0.3 is 0 Å². The molecule has 0 aliphatic heterocycles. The van der Waals surface area contributed by atoms with E-state index in [0.29, 0.717) is 25.0 Å². The number of nitrogens with one attached hydrogen (secondary N) is 3. The number of amides is 1. The Morgan fingerprint density at radius 3 is 2.42 bits per heavy atom. The molecule has 0 saturated carbocycles. The molecule has 6 heteroatoms. The van der Waals surface area contributed by atoms with E-state index >= 15 is 0 Å². The lowest BCUT2D eigenvalue weighted by atomic mass is 10.1. The van der Waals surface area contributed by atoms with Crippen LogP contribution in [0.25, 0.3) is 0 Å². The Balaban J connectivity index is 2.37. The normalized spacial score (nSPS) is 12.8. The molecule has 0 radical (unpaired) electrons. The van der Waals surface area contributed by atoms with E-state index in [-0.39, 0.29) is 18.1 Å². The van der Waals surface area contributed by atoms with Gasteiger partial charge in [0.25, 0.3) is 0 Å². The molecule has 0 bridgehead atoms. The molecule has 0 spiro atoms. The zero-order valence-electron chi connectivity index (χ0n) is 15.0. The van der Waals surface area contributed by atoms with Crippen molar-refractivity contribution in [3.8, 4) is 0 Å². The maximum atomic E-state index is 12.8. The van der Waals surface area contributed by atoms with Gasteiger partial charge in [-0.3, -0.25) is 9.79 Å². The maximum Gasteiger partial charge on any atom is 0.224 e. The van der Waals surface area contributed by atoms with Crippen LogP contribution in [0.3, 0.4) is 0 Å². The topological polar surface area (TPSA) is 65.5 Å². The summed E-state index contributed by atoms with van der Waals surface area (Å²) >= 11 is 0. The highest BCUT2D eigenvalue weighted by molar-refractivity contribution is 5.80. The molecule has 0 fully saturated rings. The Hall–Kier alpha value is -2.11. The van der Waals surface area contributed by atoms with Crippen LogP contribution in [-0.4, -0.2) is 37.5 Å². The first-order valence-corrected chi connectivity index (χ1v) is 8.48. The smallest absolute Gasteiger partial charge is 0.224 e. The van der Waals surface area contributed by atoms with Crippen LogP contribution in [0, 0.1) is 11.7 Å². The molecule has 0 heterocycles. The van der Waals surface area contributed by atoms with Crippen LogP contribution in [0.5, 0.6) is 0 Å². The predicted octanol–water partition coefficient (Wildman–Crippen LogP) is 2.08. The third-order valence-electron chi connectivity index (χ3n) is 3.69. The SMILES string of the molecule is CCNC(=NCCNC(=O)Cc1ccc(F)cc1)NC(C)C(C)C. The first-order chi connectivity index (χ1) is 11.4. The maximum absolute atomic E-state index is 12.8. The summed E-state index contributed by atoms with van der Waals surface area (Å²) in [6.45, 7) is 10.2. The van der Waals surface area contributed by atoms with E-state index in [9.17, 15) is 9.18 Å². The van der Waals surface area contributed by atoms with Crippen molar-refractivity contribution in [2.45, 2.75) is 40.2 Å². The van der Waals surface area contributed by atoms with Gasteiger partial charge in [-0.05, 0) is 37.5 Å². The molecule has 0 saturated heterocycles. The monoisotopic (exact) mass is 336 g/mol. The van der Waals surface area contributed by atoms with Gasteiger partial charge in [-0.1, -0.05) is 26.0 Å². The van der Waals surface area contributed by atoms with Crippen molar-refractivity contribution in [2.24, 2.45) is 10.9 Å². The van der Waals surface area contributed by atoms with Crippen LogP contribution in [0.15, 0.2) is 29.3 Å². The summed E-state index contributed by atoms with van der Waals surface area (Å²) in [4.78, 5) is 16.3. The molecule has 0 aliphatic rings. The molecule has 1 rings (SSSR count). The van der Waals surface area contributed by atoms with Gasteiger partial charge in [-0.2, -0.15) is 0 Å². The fraction of sp³-hybridized carbons (Fsp3) is 0.556. The molecule has 1 atom stereocenters. The number of guanidine groups is 1. The summed E-state index contributed by atoms with van der Waals surface area (Å²) in [5.74, 6) is 0.869. The molecule has 1 aromatic carbocycles. The number of halogens is 1. The molecule has 24 heavy (non-hydrogen) atoms. The molecular weight excluding hydrogens is 307 g/mol. The lowest BCUT2D eigenvalue weighted by Gasteiger charge is -2.20. The van der Waals surface area contributed by atoms with E-state index in [1.165, 1.54) is 12.1 Å². The lowest BCUT2D eigenvalue weighted by Crippen LogP contribution is -2.44. The van der Waals surface area contributed by atoms with Crippen molar-refractivity contribution < 1.29 is 9.18 Å². The van der Waals surface area contributed by atoms with E-state index < -0.39 is 0 Å². The number of carbonyl (C=O) groups excluding carboxylic acids is 1. The standard InChI is InChI=1S/C18H29FN4O/c1-5-20-18(23-14(4)13(2)3)22-11-10-21-17(24)12-15-6-8-16(19)9-7-15/h6-9,13-14H,5,10-12H2,1-4H3,(H,21,24)(H2,20,22,23). The average molecular weight is 336 g/mol. The highest BCUT2D eigenvalue weighted by Gasteiger charge is 2.08. The molecule has 0 aliphatic carbocycles. The van der Waals surface area contributed by atoms with Crippen molar-refractivity contribution in [1.29, 1.82) is 0 Å². The van der Waals surface area contributed by atoms with Gasteiger partial charge in [0, 0.05) is 19.1 Å². The van der Waals surface area contributed by atoms with Crippen LogP contribution in [-0.2, 0) is 11.2 Å². The van der Waals surface area contributed by atoms with Crippen LogP contribution >= 0.6 is 0 Å². The number of carbonyl (C=O) groups is 1. The van der Waals surface area contributed by atoms with Gasteiger partial charge in [0.2, 0.25) is 5.91 Å². The third-order valence-corrected chi connectivity index (χ3v) is 3.69. The molecule has 3 N–H and O–H groups in total. The number of aliphatic imine (C=N–C) groups is 1. The molecule has 1 unspecified atom stereocenters. The summed E-state index contributed by atoms with van der Waals surface area (Å²) in [6, 6.07) is 6.27. The summed E-state index contributed by atoms with van der Waals surface area (Å²) in [7, 11) is 0. The fourth-order valence-corrected chi connectivity index (χ4v) is 1.92. The van der Waals surface area contributed by atoms with Crippen molar-refractivity contribution in [3.63, 3.8) is 0 Å². The Kier molecular flexibility index (Phi) is 8.83. The summed E-state index contributed by atoms with van der Waals surface area (Å²) in [5.41, 5.74) is 0.790. The van der Waals surface area contributed by atoms with E-state index in [0.717, 1.165) is 18.1 Å². The van der Waals surface area contributed by atoms with Crippen LogP contribution in [0.1, 0.15) is 33.3 Å². The molecular formula is C18H29FN4O. The van der Waals surface area contributed by atoms with E-state index in [1.807, 2.05) is 6.92 Å². The zero-order chi connectivity index (χ0) is 17.9. The Morgan fingerprint density at radius 2 is 1.83 bits per heavy atom. The van der Waals surface area contributed by atoms with Crippen molar-refractivity contribution in [1.82, 2.24) is 16.0 Å². The fourth-order valence-electron chi connectivity index (χ4n) is 1.92. The highest BCUT2D eigenvalue weighted by Crippen LogP contribution is 2.03. The van der Waals surface area contributed by atoms with Gasteiger partial charge in [0.15, 0.2) is 5.96 Å². The minimum absolute atomic E-state index is 0.0923. The van der Waals surface area contributed by atoms with Crippen molar-refractivity contribution in [2.75, 3.05) is 19.6 Å². The van der Waals surface area contributed by atoms with E-state index in [2.05, 4.69) is 41.7 Å². The van der Waals surface area contributed by atoms with Gasteiger partial charge in [0.05, 0.1) is 13.0 Å². The highest BCUT2D eigenvalue weighted by atomic mass is 19.1. The summed E-state index contributed by atoms with van der Waals surface area (Å²) < 4.78 is 12.8. The van der Waals surface area contributed by atoms with E-state index in [1.54, 1.807) is 12.1 Å². The Morgan fingerprint density at radius 1 is 1.17 bits per heavy atom. The second kappa shape index (κ2) is 10.6. The summed E-state index contributed by atoms with van der Waals surface area (Å²) in [6.07, 6.45) is 0.243. The first-order valence-electron chi connectivity index (χ1n) is 8.48. The molecule has 134 valence electrons. The second-order valence-electron chi connectivity index (χ2n) is 6.09. The first kappa shape index (κ1) is 19.9. The van der Waals surface area contributed by atoms with Crippen molar-refractivity contribution >= 4 is 11.9 Å². The largest absolute Gasteiger partial charge is 0.357 e. The van der Waals surface area contributed by atoms with Crippen molar-refractivity contribution in [3.05, 3.63) is 35.6 Å². The molecule has 1 amide bonds. The van der Waals surface area contributed by atoms with Gasteiger partial charge in [-0.15, -0.1) is 0 Å². The third kappa shape index (κ3) is 7.94. The van der Waals surface area contributed by atoms with Crippen LogP contribution < -0.4 is 16.0 Å². The second-order valence-corrected chi connectivity index (χ2v) is 6.09. The number of nitrogens with zero attached hydrogens (tertiary/aromatic N) is 1. The zero-order valence-corrected chi connectivity index (χ0v) is 15.0. The molecule has 5 nitrogen and oxygen atoms in total. The minimum Gasteiger partial charge on any atom is -0.357 e. The minimum atomic E-state index is -0.299. The molecule has 0 aromatic heterocycles. The number of hydrogen-bond donors (Lipinski definition) is 3. The quantitative estimate of drug-likeness (QED) is 0.387. The predicted molar refractivity (Wildman–Crippen MR) is 96.5 cm³/mol. The summed E-state index contributed by atoms with van der Waals surface area (Å²) in [5, 5.41) is 9.36. The van der Waals surface area contributed by atoms with Gasteiger partial charge in [0.1, 0.15) is 5.82 Å². The Labute approximate surface area is 144 Å².